The van der Waals surface area contributed by atoms with Crippen LogP contribution in [0, 0.1) is 0 Å². The molecule has 1 aliphatic heterocycles. The largest absolute Gasteiger partial charge is 0.390 e. The van der Waals surface area contributed by atoms with E-state index in [1.807, 2.05) is 55.4 Å². The van der Waals surface area contributed by atoms with E-state index in [0.717, 1.165) is 55.1 Å². The quantitative estimate of drug-likeness (QED) is 0.132. The van der Waals surface area contributed by atoms with Gasteiger partial charge in [-0.1, -0.05) is 67.6 Å². The number of carbonyl (C=O) groups excluding carboxylic acids is 1. The number of hydrogen-bond acceptors (Lipinski definition) is 6. The lowest BCUT2D eigenvalue weighted by molar-refractivity contribution is -0.116. The van der Waals surface area contributed by atoms with Crippen molar-refractivity contribution in [3.63, 3.8) is 0 Å². The van der Waals surface area contributed by atoms with Gasteiger partial charge in [-0.15, -0.1) is 10.8 Å². The highest BCUT2D eigenvalue weighted by molar-refractivity contribution is 9.09. The summed E-state index contributed by atoms with van der Waals surface area (Å²) in [5.74, 6) is -0.561. The van der Waals surface area contributed by atoms with Crippen LogP contribution in [-0.2, 0) is 4.79 Å². The zero-order chi connectivity index (χ0) is 29.5. The third kappa shape index (κ3) is 7.05. The fraction of sp³-hybridized carbons (Fsp3) is 0.581. The summed E-state index contributed by atoms with van der Waals surface area (Å²) in [4.78, 5) is 15.1. The Bertz CT molecular complexity index is 1120. The Hall–Kier alpha value is -1.62. The lowest BCUT2D eigenvalue weighted by Crippen LogP contribution is -2.56. The van der Waals surface area contributed by atoms with Crippen LogP contribution < -0.4 is 10.2 Å². The van der Waals surface area contributed by atoms with Crippen LogP contribution in [0.3, 0.4) is 0 Å². The topological polar surface area (TPSA) is 96.3 Å². The number of halogens is 1. The van der Waals surface area contributed by atoms with E-state index in [4.69, 9.17) is 0 Å². The number of alkyl halides is 1. The van der Waals surface area contributed by atoms with E-state index < -0.39 is 28.3 Å². The second kappa shape index (κ2) is 14.5. The number of hydrogen-bond donors (Lipinski definition) is 4. The molecule has 9 heteroatoms. The SMILES string of the molecule is CCCCC1(CCCC)C(O)C(c2cccc(NC(=O)CCCCBr)c2)c2cc(N(C)C)ccc2S(O)(O)N1C. The third-order valence-electron chi connectivity index (χ3n) is 8.26. The molecule has 0 saturated heterocycles. The van der Waals surface area contributed by atoms with Gasteiger partial charge in [0.1, 0.15) is 0 Å². The molecule has 1 aliphatic rings. The van der Waals surface area contributed by atoms with E-state index in [1.54, 1.807) is 17.4 Å². The minimum absolute atomic E-state index is 0.0380. The highest BCUT2D eigenvalue weighted by Gasteiger charge is 2.53. The van der Waals surface area contributed by atoms with E-state index in [2.05, 4.69) is 35.1 Å². The summed E-state index contributed by atoms with van der Waals surface area (Å²) in [5, 5.41) is 16.4. The van der Waals surface area contributed by atoms with E-state index in [1.165, 1.54) is 0 Å². The average Bonchev–Trinajstić information content (AvgIpc) is 2.97. The predicted octanol–water partition coefficient (Wildman–Crippen LogP) is 7.84. The summed E-state index contributed by atoms with van der Waals surface area (Å²) in [6.45, 7) is 4.24. The first-order valence-corrected chi connectivity index (χ1v) is 17.1. The standard InChI is InChI=1S/C31H48BrN3O4S/c1-6-8-18-31(19-9-7-2)30(37)29(23-13-12-14-24(21-23)33-28(36)15-10-11-20-32)26-22-25(34(3)4)16-17-27(26)40(38,39)35(31)5/h12-14,16-17,21-22,29-30,37-39H,6-11,15,18-20H2,1-5H3,(H,33,36). The number of benzene rings is 2. The van der Waals surface area contributed by atoms with E-state index >= 15 is 0 Å². The lowest BCUT2D eigenvalue weighted by atomic mass is 9.72. The van der Waals surface area contributed by atoms with E-state index in [9.17, 15) is 19.0 Å². The third-order valence-corrected chi connectivity index (χ3v) is 10.9. The minimum atomic E-state index is -3.40. The van der Waals surface area contributed by atoms with Crippen LogP contribution in [0.4, 0.5) is 11.4 Å². The van der Waals surface area contributed by atoms with E-state index in [-0.39, 0.29) is 5.91 Å². The Morgan fingerprint density at radius 2 is 1.73 bits per heavy atom. The zero-order valence-electron chi connectivity index (χ0n) is 24.7. The van der Waals surface area contributed by atoms with Gasteiger partial charge in [0.05, 0.1) is 16.5 Å². The highest BCUT2D eigenvalue weighted by atomic mass is 79.9. The van der Waals surface area contributed by atoms with Crippen molar-refractivity contribution in [3.8, 4) is 0 Å². The number of aliphatic hydroxyl groups excluding tert-OH is 1. The van der Waals surface area contributed by atoms with Crippen molar-refractivity contribution in [2.45, 2.75) is 94.1 Å². The van der Waals surface area contributed by atoms with Gasteiger partial charge < -0.3 is 15.3 Å². The molecule has 2 aromatic carbocycles. The summed E-state index contributed by atoms with van der Waals surface area (Å²) in [7, 11) is 2.26. The fourth-order valence-corrected chi connectivity index (χ4v) is 8.09. The molecule has 0 saturated carbocycles. The maximum Gasteiger partial charge on any atom is 0.224 e. The van der Waals surface area contributed by atoms with Crippen LogP contribution in [0.2, 0.25) is 0 Å². The van der Waals surface area contributed by atoms with Gasteiger partial charge in [-0.3, -0.25) is 13.9 Å². The van der Waals surface area contributed by atoms with Crippen LogP contribution in [0.15, 0.2) is 47.4 Å². The maximum absolute atomic E-state index is 12.6. The molecule has 0 spiro atoms. The Kier molecular flexibility index (Phi) is 11.9. The molecule has 4 N–H and O–H groups in total. The van der Waals surface area contributed by atoms with Gasteiger partial charge in [0.15, 0.2) is 0 Å². The zero-order valence-corrected chi connectivity index (χ0v) is 27.1. The Labute approximate surface area is 251 Å². The van der Waals surface area contributed by atoms with Gasteiger partial charge in [0.25, 0.3) is 0 Å². The number of unbranched alkanes of at least 4 members (excludes halogenated alkanes) is 3. The van der Waals surface area contributed by atoms with Crippen molar-refractivity contribution < 1.29 is 19.0 Å². The number of aliphatic hydroxyl groups is 1. The number of anilines is 2. The number of nitrogens with zero attached hydrogens (tertiary/aromatic N) is 2. The van der Waals surface area contributed by atoms with Crippen LogP contribution >= 0.6 is 26.7 Å². The number of carbonyl (C=O) groups is 1. The fourth-order valence-electron chi connectivity index (χ4n) is 5.85. The monoisotopic (exact) mass is 637 g/mol. The van der Waals surface area contributed by atoms with Crippen LogP contribution in [0.25, 0.3) is 0 Å². The normalized spacial score (nSPS) is 20.8. The number of rotatable bonds is 13. The van der Waals surface area contributed by atoms with Gasteiger partial charge in [-0.2, -0.15) is 4.31 Å². The highest BCUT2D eigenvalue weighted by Crippen LogP contribution is 2.63. The maximum atomic E-state index is 12.6. The molecule has 40 heavy (non-hydrogen) atoms. The molecule has 2 aromatic rings. The minimum Gasteiger partial charge on any atom is -0.390 e. The second-order valence-corrected chi connectivity index (χ2v) is 14.0. The molecule has 3 rings (SSSR count). The predicted molar refractivity (Wildman–Crippen MR) is 172 cm³/mol. The van der Waals surface area contributed by atoms with Gasteiger partial charge in [0.2, 0.25) is 5.91 Å². The molecule has 7 nitrogen and oxygen atoms in total. The van der Waals surface area contributed by atoms with Crippen molar-refractivity contribution >= 4 is 44.0 Å². The molecule has 2 atom stereocenters. The summed E-state index contributed by atoms with van der Waals surface area (Å²) >= 11 is 3.42. The van der Waals surface area contributed by atoms with Crippen LogP contribution in [0.1, 0.15) is 88.7 Å². The van der Waals surface area contributed by atoms with Crippen LogP contribution in [0.5, 0.6) is 0 Å². The van der Waals surface area contributed by atoms with Gasteiger partial charge >= 0.3 is 0 Å². The van der Waals surface area contributed by atoms with Gasteiger partial charge in [-0.05, 0) is 67.1 Å². The molecule has 1 heterocycles. The smallest absolute Gasteiger partial charge is 0.224 e. The summed E-state index contributed by atoms with van der Waals surface area (Å²) in [6.07, 6.45) is 6.15. The van der Waals surface area contributed by atoms with Crippen molar-refractivity contribution in [2.24, 2.45) is 0 Å². The van der Waals surface area contributed by atoms with Crippen LogP contribution in [-0.4, -0.2) is 62.5 Å². The molecule has 0 aromatic heterocycles. The molecule has 224 valence electrons. The average molecular weight is 639 g/mol. The first-order chi connectivity index (χ1) is 19.0. The Balaban J connectivity index is 2.21. The molecule has 0 fully saturated rings. The summed E-state index contributed by atoms with van der Waals surface area (Å²) < 4.78 is 25.4. The lowest BCUT2D eigenvalue weighted by Gasteiger charge is -2.52. The van der Waals surface area contributed by atoms with Crippen molar-refractivity contribution in [3.05, 3.63) is 53.6 Å². The molecule has 0 bridgehead atoms. The van der Waals surface area contributed by atoms with E-state index in [0.29, 0.717) is 35.4 Å². The second-order valence-electron chi connectivity index (χ2n) is 11.2. The molecular weight excluding hydrogens is 590 g/mol. The van der Waals surface area contributed by atoms with Gasteiger partial charge in [-0.25, -0.2) is 0 Å². The number of likely N-dealkylation sites (N-methyl/N-ethyl adjacent to an activating group) is 1. The number of fused-ring (bicyclic) bond motifs is 1. The molecule has 1 amide bonds. The Morgan fingerprint density at radius 1 is 1.05 bits per heavy atom. The van der Waals surface area contributed by atoms with Crippen molar-refractivity contribution in [2.75, 3.05) is 36.7 Å². The van der Waals surface area contributed by atoms with Crippen molar-refractivity contribution in [1.82, 2.24) is 4.31 Å². The van der Waals surface area contributed by atoms with Crippen molar-refractivity contribution in [1.29, 1.82) is 0 Å². The molecule has 0 aliphatic carbocycles. The first kappa shape index (κ1) is 32.9. The number of nitrogens with one attached hydrogen (secondary N) is 1. The molecule has 2 unspecified atom stereocenters. The molecular formula is C31H48BrN3O4S. The Morgan fingerprint density at radius 3 is 2.33 bits per heavy atom. The first-order valence-electron chi connectivity index (χ1n) is 14.5. The molecule has 0 radical (unpaired) electrons. The summed E-state index contributed by atoms with van der Waals surface area (Å²) in [6, 6.07) is 13.4. The van der Waals surface area contributed by atoms with Gasteiger partial charge in [0, 0.05) is 50.2 Å². The number of amides is 1. The summed E-state index contributed by atoms with van der Waals surface area (Å²) in [5.41, 5.74) is 2.30.